The van der Waals surface area contributed by atoms with Crippen molar-refractivity contribution < 1.29 is 17.9 Å². The zero-order valence-electron chi connectivity index (χ0n) is 17.4. The number of nitrogens with zero attached hydrogens (tertiary/aromatic N) is 1. The lowest BCUT2D eigenvalue weighted by Gasteiger charge is -2.26. The fourth-order valence-corrected chi connectivity index (χ4v) is 5.23. The second kappa shape index (κ2) is 9.37. The third-order valence-electron chi connectivity index (χ3n) is 5.11. The van der Waals surface area contributed by atoms with Crippen LogP contribution in [0.2, 0.25) is 5.02 Å². The molecule has 0 spiro atoms. The fourth-order valence-electron chi connectivity index (χ4n) is 3.76. The number of hydrogen-bond donors (Lipinski definition) is 1. The van der Waals surface area contributed by atoms with Gasteiger partial charge in [-0.25, -0.2) is 13.1 Å². The van der Waals surface area contributed by atoms with Crippen molar-refractivity contribution in [2.75, 3.05) is 13.7 Å². The van der Waals surface area contributed by atoms with Crippen molar-refractivity contribution in [3.63, 3.8) is 0 Å². The Morgan fingerprint density at radius 3 is 2.73 bits per heavy atom. The number of rotatable bonds is 7. The largest absolute Gasteiger partial charge is 0.497 e. The lowest BCUT2D eigenvalue weighted by Crippen LogP contribution is -2.37. The van der Waals surface area contributed by atoms with Crippen LogP contribution >= 0.6 is 11.6 Å². The van der Waals surface area contributed by atoms with E-state index in [0.717, 1.165) is 24.2 Å². The van der Waals surface area contributed by atoms with E-state index in [-0.39, 0.29) is 33.5 Å². The van der Waals surface area contributed by atoms with Gasteiger partial charge in [0.25, 0.3) is 5.91 Å². The Kier molecular flexibility index (Phi) is 7.06. The smallest absolute Gasteiger partial charge is 0.255 e. The molecule has 1 atom stereocenters. The predicted molar refractivity (Wildman–Crippen MR) is 118 cm³/mol. The van der Waals surface area contributed by atoms with Gasteiger partial charge in [-0.05, 0) is 69.0 Å². The minimum atomic E-state index is -3.72. The minimum absolute atomic E-state index is 0.0229. The summed E-state index contributed by atoms with van der Waals surface area (Å²) in [5.74, 6) is 0.536. The lowest BCUT2D eigenvalue weighted by molar-refractivity contribution is 0.0736. The molecule has 1 aliphatic rings. The summed E-state index contributed by atoms with van der Waals surface area (Å²) in [6, 6.07) is 11.8. The first-order chi connectivity index (χ1) is 14.2. The standard InChI is InChI=1S/C22H27ClN2O4S/c1-15(2)24-30(27,28)19-9-10-21(23)20(14-19)22(26)25-11-5-7-17(25)12-16-6-4-8-18(13-16)29-3/h4,6,8-10,13-15,17,24H,5,7,11-12H2,1-3H3. The Balaban J connectivity index is 1.85. The number of benzene rings is 2. The van der Waals surface area contributed by atoms with Gasteiger partial charge in [-0.3, -0.25) is 4.79 Å². The average Bonchev–Trinajstić information content (AvgIpc) is 3.15. The first-order valence-electron chi connectivity index (χ1n) is 9.97. The van der Waals surface area contributed by atoms with Gasteiger partial charge in [0.2, 0.25) is 10.0 Å². The van der Waals surface area contributed by atoms with Gasteiger partial charge in [0, 0.05) is 18.6 Å². The predicted octanol–water partition coefficient (Wildman–Crippen LogP) is 3.88. The van der Waals surface area contributed by atoms with Gasteiger partial charge in [0.1, 0.15) is 5.75 Å². The zero-order chi connectivity index (χ0) is 21.9. The molecule has 2 aromatic rings. The summed E-state index contributed by atoms with van der Waals surface area (Å²) in [4.78, 5) is 15.1. The van der Waals surface area contributed by atoms with E-state index < -0.39 is 10.0 Å². The topological polar surface area (TPSA) is 75.7 Å². The van der Waals surface area contributed by atoms with Crippen LogP contribution in [0, 0.1) is 0 Å². The normalized spacial score (nSPS) is 16.8. The van der Waals surface area contributed by atoms with E-state index in [9.17, 15) is 13.2 Å². The highest BCUT2D eigenvalue weighted by Crippen LogP contribution is 2.28. The Labute approximate surface area is 183 Å². The van der Waals surface area contributed by atoms with Gasteiger partial charge in [0.15, 0.2) is 0 Å². The summed E-state index contributed by atoms with van der Waals surface area (Å²) >= 11 is 6.29. The number of carbonyl (C=O) groups is 1. The van der Waals surface area contributed by atoms with Gasteiger partial charge in [0.05, 0.1) is 22.6 Å². The number of ether oxygens (including phenoxy) is 1. The van der Waals surface area contributed by atoms with Crippen molar-refractivity contribution in [2.45, 2.75) is 50.1 Å². The van der Waals surface area contributed by atoms with E-state index >= 15 is 0 Å². The maximum absolute atomic E-state index is 13.3. The summed E-state index contributed by atoms with van der Waals surface area (Å²) in [6.07, 6.45) is 2.48. The number of amides is 1. The van der Waals surface area contributed by atoms with Crippen LogP contribution in [0.5, 0.6) is 5.75 Å². The zero-order valence-corrected chi connectivity index (χ0v) is 19.0. The number of sulfonamides is 1. The van der Waals surface area contributed by atoms with Crippen molar-refractivity contribution in [2.24, 2.45) is 0 Å². The van der Waals surface area contributed by atoms with Crippen molar-refractivity contribution in [1.82, 2.24) is 9.62 Å². The van der Waals surface area contributed by atoms with E-state index in [1.54, 1.807) is 25.9 Å². The van der Waals surface area contributed by atoms with E-state index in [4.69, 9.17) is 16.3 Å². The fraction of sp³-hybridized carbons (Fsp3) is 0.409. The molecule has 30 heavy (non-hydrogen) atoms. The Hall–Kier alpha value is -2.09. The molecular weight excluding hydrogens is 424 g/mol. The first kappa shape index (κ1) is 22.6. The molecule has 1 fully saturated rings. The van der Waals surface area contributed by atoms with Crippen LogP contribution < -0.4 is 9.46 Å². The van der Waals surface area contributed by atoms with Crippen LogP contribution in [0.15, 0.2) is 47.4 Å². The number of likely N-dealkylation sites (tertiary alicyclic amines) is 1. The number of nitrogens with one attached hydrogen (secondary N) is 1. The van der Waals surface area contributed by atoms with Crippen LogP contribution in [0.1, 0.15) is 42.6 Å². The van der Waals surface area contributed by atoms with Crippen LogP contribution in [-0.4, -0.2) is 45.0 Å². The maximum atomic E-state index is 13.3. The van der Waals surface area contributed by atoms with Crippen LogP contribution in [-0.2, 0) is 16.4 Å². The highest BCUT2D eigenvalue weighted by atomic mass is 35.5. The van der Waals surface area contributed by atoms with E-state index in [1.807, 2.05) is 24.3 Å². The number of halogens is 1. The third-order valence-corrected chi connectivity index (χ3v) is 7.10. The molecule has 162 valence electrons. The summed E-state index contributed by atoms with van der Waals surface area (Å²) in [5.41, 5.74) is 1.29. The highest BCUT2D eigenvalue weighted by molar-refractivity contribution is 7.89. The van der Waals surface area contributed by atoms with E-state index in [1.165, 1.54) is 18.2 Å². The van der Waals surface area contributed by atoms with Crippen LogP contribution in [0.3, 0.4) is 0 Å². The first-order valence-corrected chi connectivity index (χ1v) is 11.8. The Bertz CT molecular complexity index is 1020. The van der Waals surface area contributed by atoms with Crippen LogP contribution in [0.25, 0.3) is 0 Å². The van der Waals surface area contributed by atoms with Gasteiger partial charge in [-0.1, -0.05) is 23.7 Å². The molecule has 1 saturated heterocycles. The highest BCUT2D eigenvalue weighted by Gasteiger charge is 2.31. The maximum Gasteiger partial charge on any atom is 0.255 e. The molecule has 1 N–H and O–H groups in total. The van der Waals surface area contributed by atoms with Gasteiger partial charge < -0.3 is 9.64 Å². The second-order valence-corrected chi connectivity index (χ2v) is 9.89. The molecule has 0 saturated carbocycles. The lowest BCUT2D eigenvalue weighted by atomic mass is 10.0. The van der Waals surface area contributed by atoms with Gasteiger partial charge in [-0.15, -0.1) is 0 Å². The molecule has 1 heterocycles. The monoisotopic (exact) mass is 450 g/mol. The summed E-state index contributed by atoms with van der Waals surface area (Å²) in [6.45, 7) is 4.10. The molecule has 1 aliphatic heterocycles. The quantitative estimate of drug-likeness (QED) is 0.694. The molecule has 1 unspecified atom stereocenters. The summed E-state index contributed by atoms with van der Waals surface area (Å²) in [5, 5.41) is 0.246. The van der Waals surface area contributed by atoms with Crippen molar-refractivity contribution in [1.29, 1.82) is 0 Å². The molecule has 0 bridgehead atoms. The summed E-state index contributed by atoms with van der Waals surface area (Å²) < 4.78 is 32.9. The SMILES string of the molecule is COc1cccc(CC2CCCN2C(=O)c2cc(S(=O)(=O)NC(C)C)ccc2Cl)c1. The van der Waals surface area contributed by atoms with Crippen LogP contribution in [0.4, 0.5) is 0 Å². The van der Waals surface area contributed by atoms with E-state index in [0.29, 0.717) is 13.0 Å². The summed E-state index contributed by atoms with van der Waals surface area (Å²) in [7, 11) is -2.09. The molecular formula is C22H27ClN2O4S. The second-order valence-electron chi connectivity index (χ2n) is 7.77. The number of hydrogen-bond acceptors (Lipinski definition) is 4. The van der Waals surface area contributed by atoms with Crippen molar-refractivity contribution in [3.8, 4) is 5.75 Å². The minimum Gasteiger partial charge on any atom is -0.497 e. The molecule has 2 aromatic carbocycles. The Morgan fingerprint density at radius 2 is 2.03 bits per heavy atom. The number of methoxy groups -OCH3 is 1. The molecule has 0 aromatic heterocycles. The molecule has 1 amide bonds. The van der Waals surface area contributed by atoms with E-state index in [2.05, 4.69) is 4.72 Å². The number of carbonyl (C=O) groups excluding carboxylic acids is 1. The molecule has 8 heteroatoms. The molecule has 0 aliphatic carbocycles. The average molecular weight is 451 g/mol. The van der Waals surface area contributed by atoms with Gasteiger partial charge >= 0.3 is 0 Å². The molecule has 3 rings (SSSR count). The molecule has 0 radical (unpaired) electrons. The van der Waals surface area contributed by atoms with Crippen molar-refractivity contribution in [3.05, 3.63) is 58.6 Å². The van der Waals surface area contributed by atoms with Gasteiger partial charge in [-0.2, -0.15) is 0 Å². The van der Waals surface area contributed by atoms with Crippen molar-refractivity contribution >= 4 is 27.5 Å². The Morgan fingerprint density at radius 1 is 1.27 bits per heavy atom. The molecule has 6 nitrogen and oxygen atoms in total. The third kappa shape index (κ3) is 5.14.